The van der Waals surface area contributed by atoms with Crippen LogP contribution in [0.5, 0.6) is 5.75 Å². The number of hydrogen-bond acceptors (Lipinski definition) is 5. The number of aliphatic hydroxyl groups excluding tert-OH is 1. The van der Waals surface area contributed by atoms with Gasteiger partial charge >= 0.3 is 0 Å². The molecule has 1 aromatic rings. The largest absolute Gasteiger partial charge is 0.491 e. The lowest BCUT2D eigenvalue weighted by molar-refractivity contribution is -0.122. The minimum absolute atomic E-state index is 0.0461. The van der Waals surface area contributed by atoms with Crippen LogP contribution in [-0.2, 0) is 4.79 Å². The Morgan fingerprint density at radius 2 is 1.86 bits per heavy atom. The molecule has 0 saturated carbocycles. The summed E-state index contributed by atoms with van der Waals surface area (Å²) in [6, 6.07) is 9.51. The Morgan fingerprint density at radius 3 is 2.50 bits per heavy atom. The van der Waals surface area contributed by atoms with Crippen LogP contribution in [0.2, 0.25) is 0 Å². The van der Waals surface area contributed by atoms with E-state index >= 15 is 0 Å². The highest BCUT2D eigenvalue weighted by molar-refractivity contribution is 5.77. The lowest BCUT2D eigenvalue weighted by Gasteiger charge is -2.35. The highest BCUT2D eigenvalue weighted by Gasteiger charge is 2.20. The molecular formula is C16H25N3O3. The van der Waals surface area contributed by atoms with Gasteiger partial charge in [0.25, 0.3) is 0 Å². The normalized spacial score (nSPS) is 17.9. The molecule has 1 aromatic carbocycles. The zero-order valence-electron chi connectivity index (χ0n) is 13.1. The molecule has 0 radical (unpaired) electrons. The van der Waals surface area contributed by atoms with Crippen molar-refractivity contribution in [3.05, 3.63) is 30.3 Å². The summed E-state index contributed by atoms with van der Waals surface area (Å²) < 4.78 is 5.56. The molecule has 2 rings (SSSR count). The van der Waals surface area contributed by atoms with Gasteiger partial charge in [-0.2, -0.15) is 0 Å². The maximum absolute atomic E-state index is 11.3. The summed E-state index contributed by atoms with van der Waals surface area (Å²) >= 11 is 0. The van der Waals surface area contributed by atoms with Crippen molar-refractivity contribution in [2.45, 2.75) is 6.10 Å². The van der Waals surface area contributed by atoms with Crippen LogP contribution in [0.4, 0.5) is 0 Å². The van der Waals surface area contributed by atoms with Crippen LogP contribution >= 0.6 is 0 Å². The first-order valence-corrected chi connectivity index (χ1v) is 7.68. The fourth-order valence-corrected chi connectivity index (χ4v) is 2.47. The van der Waals surface area contributed by atoms with E-state index in [0.717, 1.165) is 31.9 Å². The second-order valence-electron chi connectivity index (χ2n) is 5.53. The number of aliphatic hydroxyl groups is 1. The summed E-state index contributed by atoms with van der Waals surface area (Å²) in [5, 5.41) is 12.7. The molecule has 6 nitrogen and oxygen atoms in total. The van der Waals surface area contributed by atoms with E-state index in [0.29, 0.717) is 19.7 Å². The van der Waals surface area contributed by atoms with Crippen molar-refractivity contribution in [2.24, 2.45) is 0 Å². The number of likely N-dealkylation sites (N-methyl/N-ethyl adjacent to an activating group) is 1. The molecule has 1 aliphatic heterocycles. The lowest BCUT2D eigenvalue weighted by atomic mass is 10.2. The van der Waals surface area contributed by atoms with E-state index < -0.39 is 6.10 Å². The Labute approximate surface area is 131 Å². The molecule has 122 valence electrons. The fourth-order valence-electron chi connectivity index (χ4n) is 2.47. The molecule has 22 heavy (non-hydrogen) atoms. The molecule has 0 aliphatic carbocycles. The number of carbonyl (C=O) groups is 1. The predicted molar refractivity (Wildman–Crippen MR) is 84.9 cm³/mol. The number of carbonyl (C=O) groups excluding carboxylic acids is 1. The van der Waals surface area contributed by atoms with Gasteiger partial charge in [0.05, 0.1) is 6.54 Å². The van der Waals surface area contributed by atoms with Gasteiger partial charge in [-0.1, -0.05) is 18.2 Å². The average molecular weight is 307 g/mol. The summed E-state index contributed by atoms with van der Waals surface area (Å²) in [5.41, 5.74) is 0. The van der Waals surface area contributed by atoms with E-state index in [4.69, 9.17) is 4.74 Å². The first kappa shape index (κ1) is 16.7. The van der Waals surface area contributed by atoms with Crippen molar-refractivity contribution in [1.82, 2.24) is 15.1 Å². The number of nitrogens with zero attached hydrogens (tertiary/aromatic N) is 2. The fraction of sp³-hybridized carbons (Fsp3) is 0.562. The number of piperazine rings is 1. The molecule has 2 N–H and O–H groups in total. The van der Waals surface area contributed by atoms with Gasteiger partial charge in [-0.3, -0.25) is 14.6 Å². The summed E-state index contributed by atoms with van der Waals surface area (Å²) in [4.78, 5) is 15.7. The second kappa shape index (κ2) is 8.73. The summed E-state index contributed by atoms with van der Waals surface area (Å²) in [6.07, 6.45) is -0.509. The standard InChI is InChI=1S/C16H25N3O3/c1-17-16(21)12-19-9-7-18(8-10-19)11-14(20)13-22-15-5-3-2-4-6-15/h2-6,14,20H,7-13H2,1H3,(H,17,21)/t14-/m1/s1. The zero-order valence-corrected chi connectivity index (χ0v) is 13.1. The van der Waals surface area contributed by atoms with Crippen molar-refractivity contribution in [1.29, 1.82) is 0 Å². The average Bonchev–Trinajstić information content (AvgIpc) is 2.55. The van der Waals surface area contributed by atoms with Crippen molar-refractivity contribution in [2.75, 3.05) is 52.9 Å². The van der Waals surface area contributed by atoms with Gasteiger partial charge in [0.2, 0.25) is 5.91 Å². The molecule has 1 heterocycles. The van der Waals surface area contributed by atoms with Crippen LogP contribution in [0, 0.1) is 0 Å². The third-order valence-electron chi connectivity index (χ3n) is 3.77. The van der Waals surface area contributed by atoms with E-state index in [1.165, 1.54) is 0 Å². The van der Waals surface area contributed by atoms with Crippen LogP contribution in [0.3, 0.4) is 0 Å². The molecule has 1 saturated heterocycles. The summed E-state index contributed by atoms with van der Waals surface area (Å²) in [7, 11) is 1.65. The molecular weight excluding hydrogens is 282 g/mol. The molecule has 0 aromatic heterocycles. The van der Waals surface area contributed by atoms with Crippen molar-refractivity contribution < 1.29 is 14.6 Å². The molecule has 6 heteroatoms. The van der Waals surface area contributed by atoms with Gasteiger partial charge in [-0.05, 0) is 12.1 Å². The molecule has 0 spiro atoms. The molecule has 0 unspecified atom stereocenters. The molecule has 1 amide bonds. The molecule has 1 atom stereocenters. The zero-order chi connectivity index (χ0) is 15.8. The Balaban J connectivity index is 1.64. The van der Waals surface area contributed by atoms with Crippen molar-refractivity contribution >= 4 is 5.91 Å². The summed E-state index contributed by atoms with van der Waals surface area (Å²) in [5.74, 6) is 0.821. The van der Waals surface area contributed by atoms with Gasteiger partial charge in [0.15, 0.2) is 0 Å². The number of nitrogens with one attached hydrogen (secondary N) is 1. The van der Waals surface area contributed by atoms with Crippen LogP contribution in [0.1, 0.15) is 0 Å². The Bertz CT molecular complexity index is 447. The quantitative estimate of drug-likeness (QED) is 0.730. The highest BCUT2D eigenvalue weighted by Crippen LogP contribution is 2.09. The van der Waals surface area contributed by atoms with Crippen LogP contribution < -0.4 is 10.1 Å². The topological polar surface area (TPSA) is 65.0 Å². The van der Waals surface area contributed by atoms with Crippen LogP contribution in [0.25, 0.3) is 0 Å². The monoisotopic (exact) mass is 307 g/mol. The highest BCUT2D eigenvalue weighted by atomic mass is 16.5. The summed E-state index contributed by atoms with van der Waals surface area (Å²) in [6.45, 7) is 4.76. The molecule has 0 bridgehead atoms. The predicted octanol–water partition coefficient (Wildman–Crippen LogP) is -0.210. The number of rotatable bonds is 7. The Hall–Kier alpha value is -1.63. The second-order valence-corrected chi connectivity index (χ2v) is 5.53. The SMILES string of the molecule is CNC(=O)CN1CCN(C[C@@H](O)COc2ccccc2)CC1. The van der Waals surface area contributed by atoms with E-state index in [9.17, 15) is 9.90 Å². The van der Waals surface area contributed by atoms with E-state index in [-0.39, 0.29) is 5.91 Å². The first-order chi connectivity index (χ1) is 10.7. The number of amides is 1. The number of benzene rings is 1. The maximum atomic E-state index is 11.3. The van der Waals surface area contributed by atoms with E-state index in [1.807, 2.05) is 30.3 Å². The van der Waals surface area contributed by atoms with E-state index in [1.54, 1.807) is 7.05 Å². The first-order valence-electron chi connectivity index (χ1n) is 7.68. The third kappa shape index (κ3) is 5.63. The number of β-amino-alcohol motifs (C(OH)–C–C–N with tert-alkyl or cyclic N) is 1. The van der Waals surface area contributed by atoms with Gasteiger partial charge in [-0.25, -0.2) is 0 Å². The Kier molecular flexibility index (Phi) is 6.64. The van der Waals surface area contributed by atoms with Crippen molar-refractivity contribution in [3.63, 3.8) is 0 Å². The molecule has 1 aliphatic rings. The minimum Gasteiger partial charge on any atom is -0.491 e. The molecule has 1 fully saturated rings. The smallest absolute Gasteiger partial charge is 0.233 e. The van der Waals surface area contributed by atoms with Crippen LogP contribution in [0.15, 0.2) is 30.3 Å². The van der Waals surface area contributed by atoms with Gasteiger partial charge in [0, 0.05) is 39.8 Å². The van der Waals surface area contributed by atoms with E-state index in [2.05, 4.69) is 15.1 Å². The van der Waals surface area contributed by atoms with Gasteiger partial charge in [-0.15, -0.1) is 0 Å². The maximum Gasteiger partial charge on any atom is 0.233 e. The van der Waals surface area contributed by atoms with Crippen molar-refractivity contribution in [3.8, 4) is 5.75 Å². The van der Waals surface area contributed by atoms with Gasteiger partial charge < -0.3 is 15.2 Å². The van der Waals surface area contributed by atoms with Gasteiger partial charge in [0.1, 0.15) is 18.5 Å². The Morgan fingerprint density at radius 1 is 1.23 bits per heavy atom. The number of para-hydroxylation sites is 1. The lowest BCUT2D eigenvalue weighted by Crippen LogP contribution is -2.51. The number of hydrogen-bond donors (Lipinski definition) is 2. The van der Waals surface area contributed by atoms with Crippen LogP contribution in [-0.4, -0.2) is 79.8 Å². The minimum atomic E-state index is -0.509. The number of ether oxygens (including phenoxy) is 1. The third-order valence-corrected chi connectivity index (χ3v) is 3.77.